The Morgan fingerprint density at radius 2 is 1.88 bits per heavy atom. The quantitative estimate of drug-likeness (QED) is 0.807. The van der Waals surface area contributed by atoms with Crippen LogP contribution in [0, 0.1) is 0 Å². The van der Waals surface area contributed by atoms with Crippen LogP contribution in [0.3, 0.4) is 0 Å². The fourth-order valence-corrected chi connectivity index (χ4v) is 3.04. The lowest BCUT2D eigenvalue weighted by atomic mass is 10.0. The molecule has 1 aliphatic heterocycles. The average molecular weight is 362 g/mol. The summed E-state index contributed by atoms with van der Waals surface area (Å²) in [5.74, 6) is -0.380. The van der Waals surface area contributed by atoms with E-state index in [2.05, 4.69) is 16.3 Å². The van der Waals surface area contributed by atoms with Crippen LogP contribution >= 0.6 is 0 Å². The SMILES string of the molecule is COC(=O)CC(NC(=O)OC(C)(C)C)c1cccc(N2CCCCC2)c1. The molecule has 0 aromatic heterocycles. The van der Waals surface area contributed by atoms with Crippen molar-refractivity contribution in [2.75, 3.05) is 25.1 Å². The first-order valence-electron chi connectivity index (χ1n) is 9.20. The Hall–Kier alpha value is -2.24. The first-order valence-corrected chi connectivity index (χ1v) is 9.20. The number of esters is 1. The lowest BCUT2D eigenvalue weighted by molar-refractivity contribution is -0.141. The molecule has 1 atom stereocenters. The van der Waals surface area contributed by atoms with Gasteiger partial charge in [0.1, 0.15) is 5.60 Å². The molecule has 1 heterocycles. The minimum absolute atomic E-state index is 0.0548. The Balaban J connectivity index is 2.18. The Bertz CT molecular complexity index is 618. The number of carbonyl (C=O) groups is 2. The van der Waals surface area contributed by atoms with Gasteiger partial charge in [0.05, 0.1) is 19.6 Å². The highest BCUT2D eigenvalue weighted by Crippen LogP contribution is 2.26. The lowest BCUT2D eigenvalue weighted by Crippen LogP contribution is -2.36. The number of hydrogen-bond acceptors (Lipinski definition) is 5. The summed E-state index contributed by atoms with van der Waals surface area (Å²) in [7, 11) is 1.34. The van der Waals surface area contributed by atoms with Crippen molar-refractivity contribution in [2.24, 2.45) is 0 Å². The summed E-state index contributed by atoms with van der Waals surface area (Å²) in [6.45, 7) is 7.48. The second kappa shape index (κ2) is 8.92. The van der Waals surface area contributed by atoms with E-state index in [0.717, 1.165) is 24.3 Å². The van der Waals surface area contributed by atoms with Crippen LogP contribution in [-0.4, -0.2) is 37.9 Å². The van der Waals surface area contributed by atoms with Gasteiger partial charge in [0, 0.05) is 18.8 Å². The summed E-state index contributed by atoms with van der Waals surface area (Å²) in [4.78, 5) is 26.4. The van der Waals surface area contributed by atoms with Crippen molar-refractivity contribution in [1.82, 2.24) is 5.32 Å². The molecule has 144 valence electrons. The number of rotatable bonds is 5. The lowest BCUT2D eigenvalue weighted by Gasteiger charge is -2.30. The van der Waals surface area contributed by atoms with Gasteiger partial charge >= 0.3 is 12.1 Å². The maximum atomic E-state index is 12.2. The fourth-order valence-electron chi connectivity index (χ4n) is 3.04. The topological polar surface area (TPSA) is 67.9 Å². The largest absolute Gasteiger partial charge is 0.469 e. The van der Waals surface area contributed by atoms with Gasteiger partial charge in [0.25, 0.3) is 0 Å². The van der Waals surface area contributed by atoms with Crippen molar-refractivity contribution in [1.29, 1.82) is 0 Å². The van der Waals surface area contributed by atoms with Crippen LogP contribution in [0.25, 0.3) is 0 Å². The number of nitrogens with one attached hydrogen (secondary N) is 1. The van der Waals surface area contributed by atoms with Crippen molar-refractivity contribution in [3.63, 3.8) is 0 Å². The van der Waals surface area contributed by atoms with E-state index in [1.54, 1.807) is 20.8 Å². The highest BCUT2D eigenvalue weighted by Gasteiger charge is 2.23. The summed E-state index contributed by atoms with van der Waals surface area (Å²) >= 11 is 0. The van der Waals surface area contributed by atoms with Gasteiger partial charge in [0.15, 0.2) is 0 Å². The number of piperidine rings is 1. The van der Waals surface area contributed by atoms with Crippen LogP contribution in [0.4, 0.5) is 10.5 Å². The first kappa shape index (κ1) is 20.1. The minimum atomic E-state index is -0.602. The minimum Gasteiger partial charge on any atom is -0.469 e. The molecule has 0 aliphatic carbocycles. The summed E-state index contributed by atoms with van der Waals surface area (Å²) < 4.78 is 10.1. The standard InChI is InChI=1S/C20H30N2O4/c1-20(2,3)26-19(24)21-17(14-18(23)25-4)15-9-8-10-16(13-15)22-11-6-5-7-12-22/h8-10,13,17H,5-7,11-12,14H2,1-4H3,(H,21,24). The fraction of sp³-hybridized carbons (Fsp3) is 0.600. The molecule has 1 fully saturated rings. The zero-order valence-corrected chi connectivity index (χ0v) is 16.2. The van der Waals surface area contributed by atoms with Gasteiger partial charge in [-0.15, -0.1) is 0 Å². The number of alkyl carbamates (subject to hydrolysis) is 1. The van der Waals surface area contributed by atoms with Crippen molar-refractivity contribution in [2.45, 2.75) is 58.1 Å². The highest BCUT2D eigenvalue weighted by molar-refractivity contribution is 5.73. The third-order valence-corrected chi connectivity index (χ3v) is 4.28. The average Bonchev–Trinajstić information content (AvgIpc) is 2.60. The molecule has 1 saturated heterocycles. The number of anilines is 1. The van der Waals surface area contributed by atoms with E-state index in [1.807, 2.05) is 18.2 Å². The molecule has 2 rings (SSSR count). The van der Waals surface area contributed by atoms with E-state index in [1.165, 1.54) is 26.4 Å². The summed E-state index contributed by atoms with van der Waals surface area (Å²) in [5, 5.41) is 2.80. The summed E-state index contributed by atoms with van der Waals surface area (Å²) in [6, 6.07) is 7.48. The molecule has 0 radical (unpaired) electrons. The van der Waals surface area contributed by atoms with E-state index in [0.29, 0.717) is 0 Å². The molecular formula is C20H30N2O4. The van der Waals surface area contributed by atoms with Gasteiger partial charge in [-0.2, -0.15) is 0 Å². The Morgan fingerprint density at radius 1 is 1.19 bits per heavy atom. The monoisotopic (exact) mass is 362 g/mol. The maximum Gasteiger partial charge on any atom is 0.408 e. The molecule has 1 amide bonds. The van der Waals surface area contributed by atoms with Crippen LogP contribution in [-0.2, 0) is 14.3 Å². The van der Waals surface area contributed by atoms with Crippen LogP contribution < -0.4 is 10.2 Å². The van der Waals surface area contributed by atoms with Crippen molar-refractivity contribution in [3.05, 3.63) is 29.8 Å². The van der Waals surface area contributed by atoms with E-state index in [9.17, 15) is 9.59 Å². The van der Waals surface area contributed by atoms with Crippen molar-refractivity contribution >= 4 is 17.7 Å². The number of benzene rings is 1. The smallest absolute Gasteiger partial charge is 0.408 e. The number of methoxy groups -OCH3 is 1. The van der Waals surface area contributed by atoms with Crippen molar-refractivity contribution in [3.8, 4) is 0 Å². The zero-order chi connectivity index (χ0) is 19.2. The molecule has 1 unspecified atom stereocenters. The third kappa shape index (κ3) is 6.24. The molecule has 1 aromatic rings. The second-order valence-corrected chi connectivity index (χ2v) is 7.62. The predicted octanol–water partition coefficient (Wildman–Crippen LogP) is 3.81. The van der Waals surface area contributed by atoms with Gasteiger partial charge in [0.2, 0.25) is 0 Å². The number of carbonyl (C=O) groups excluding carboxylic acids is 2. The van der Waals surface area contributed by atoms with Crippen LogP contribution in [0.1, 0.15) is 58.1 Å². The molecule has 0 bridgehead atoms. The highest BCUT2D eigenvalue weighted by atomic mass is 16.6. The summed E-state index contributed by atoms with van der Waals surface area (Å²) in [6.07, 6.45) is 3.15. The number of hydrogen-bond donors (Lipinski definition) is 1. The molecule has 0 saturated carbocycles. The van der Waals surface area contributed by atoms with Gasteiger partial charge in [-0.05, 0) is 57.7 Å². The van der Waals surface area contributed by atoms with E-state index < -0.39 is 17.7 Å². The zero-order valence-electron chi connectivity index (χ0n) is 16.2. The Labute approximate surface area is 155 Å². The Morgan fingerprint density at radius 3 is 2.50 bits per heavy atom. The molecule has 1 aliphatic rings. The second-order valence-electron chi connectivity index (χ2n) is 7.62. The molecule has 0 spiro atoms. The Kier molecular flexibility index (Phi) is 6.89. The summed E-state index contributed by atoms with van der Waals surface area (Å²) in [5.41, 5.74) is 1.38. The van der Waals surface area contributed by atoms with Gasteiger partial charge in [-0.1, -0.05) is 12.1 Å². The first-order chi connectivity index (χ1) is 12.3. The van der Waals surface area contributed by atoms with E-state index in [-0.39, 0.29) is 12.4 Å². The van der Waals surface area contributed by atoms with Crippen LogP contribution in [0.5, 0.6) is 0 Å². The maximum absolute atomic E-state index is 12.2. The van der Waals surface area contributed by atoms with Crippen LogP contribution in [0.15, 0.2) is 24.3 Å². The van der Waals surface area contributed by atoms with Gasteiger partial charge < -0.3 is 19.7 Å². The molecule has 6 nitrogen and oxygen atoms in total. The number of ether oxygens (including phenoxy) is 2. The molecule has 1 N–H and O–H groups in total. The normalized spacial score (nSPS) is 15.9. The molecule has 1 aromatic carbocycles. The van der Waals surface area contributed by atoms with Gasteiger partial charge in [-0.3, -0.25) is 4.79 Å². The predicted molar refractivity (Wildman–Crippen MR) is 101 cm³/mol. The van der Waals surface area contributed by atoms with Gasteiger partial charge in [-0.25, -0.2) is 4.79 Å². The number of nitrogens with zero attached hydrogens (tertiary/aromatic N) is 1. The third-order valence-electron chi connectivity index (χ3n) is 4.28. The van der Waals surface area contributed by atoms with Crippen LogP contribution in [0.2, 0.25) is 0 Å². The van der Waals surface area contributed by atoms with Crippen molar-refractivity contribution < 1.29 is 19.1 Å². The van der Waals surface area contributed by atoms with E-state index >= 15 is 0 Å². The molecule has 26 heavy (non-hydrogen) atoms. The number of amides is 1. The molecule has 6 heteroatoms. The van der Waals surface area contributed by atoms with E-state index in [4.69, 9.17) is 9.47 Å². The molecular weight excluding hydrogens is 332 g/mol.